The van der Waals surface area contributed by atoms with E-state index < -0.39 is 11.4 Å². The minimum atomic E-state index is -1.00. The second-order valence-corrected chi connectivity index (χ2v) is 8.19. The first-order valence-electron chi connectivity index (χ1n) is 10.4. The minimum absolute atomic E-state index is 0.194. The van der Waals surface area contributed by atoms with Crippen LogP contribution in [0.15, 0.2) is 54.6 Å². The van der Waals surface area contributed by atoms with Gasteiger partial charge in [-0.25, -0.2) is 0 Å². The second kappa shape index (κ2) is 9.59. The van der Waals surface area contributed by atoms with Crippen molar-refractivity contribution in [3.05, 3.63) is 60.2 Å². The molecule has 2 aromatic rings. The van der Waals surface area contributed by atoms with E-state index in [1.165, 1.54) is 19.3 Å². The Balaban J connectivity index is 1.57. The van der Waals surface area contributed by atoms with Gasteiger partial charge >= 0.3 is 0 Å². The molecule has 0 aliphatic heterocycles. The van der Waals surface area contributed by atoms with Gasteiger partial charge in [0.25, 0.3) is 0 Å². The molecule has 1 fully saturated rings. The number of nitrogens with two attached hydrogens (primary N) is 1. The Morgan fingerprint density at radius 1 is 1.00 bits per heavy atom. The van der Waals surface area contributed by atoms with Gasteiger partial charge in [-0.2, -0.15) is 0 Å². The molecule has 2 amide bonds. The number of rotatable bonds is 8. The van der Waals surface area contributed by atoms with E-state index in [1.807, 2.05) is 54.6 Å². The number of ether oxygens (including phenoxy) is 1. The number of primary amides is 1. The van der Waals surface area contributed by atoms with Crippen LogP contribution in [-0.2, 0) is 16.0 Å². The monoisotopic (exact) mass is 394 g/mol. The van der Waals surface area contributed by atoms with Crippen molar-refractivity contribution < 1.29 is 14.3 Å². The first-order valence-corrected chi connectivity index (χ1v) is 10.4. The van der Waals surface area contributed by atoms with Crippen LogP contribution in [0.4, 0.5) is 0 Å². The summed E-state index contributed by atoms with van der Waals surface area (Å²) in [5.41, 5.74) is 5.50. The third kappa shape index (κ3) is 6.08. The molecule has 154 valence electrons. The molecule has 0 spiro atoms. The molecule has 1 aliphatic rings. The summed E-state index contributed by atoms with van der Waals surface area (Å²) in [6.07, 6.45) is 6.62. The quantitative estimate of drug-likeness (QED) is 0.698. The van der Waals surface area contributed by atoms with Gasteiger partial charge in [0.05, 0.1) is 6.42 Å². The number of carbonyl (C=O) groups is 2. The van der Waals surface area contributed by atoms with Crippen LogP contribution in [0.2, 0.25) is 0 Å². The van der Waals surface area contributed by atoms with Crippen molar-refractivity contribution >= 4 is 11.8 Å². The predicted molar refractivity (Wildman–Crippen MR) is 114 cm³/mol. The molecule has 1 aliphatic carbocycles. The highest BCUT2D eigenvalue weighted by atomic mass is 16.5. The number of para-hydroxylation sites is 1. The van der Waals surface area contributed by atoms with E-state index in [0.717, 1.165) is 24.2 Å². The molecule has 1 atom stereocenters. The summed E-state index contributed by atoms with van der Waals surface area (Å²) in [6.45, 7) is 1.75. The summed E-state index contributed by atoms with van der Waals surface area (Å²) in [4.78, 5) is 24.7. The SMILES string of the molecule is CC(CC1CCCCC1)(NC(=O)Cc1ccc(Oc2ccccc2)cc1)C(N)=O. The van der Waals surface area contributed by atoms with Gasteiger partial charge in [0.2, 0.25) is 11.8 Å². The number of amides is 2. The van der Waals surface area contributed by atoms with E-state index in [9.17, 15) is 9.59 Å². The highest BCUT2D eigenvalue weighted by Gasteiger charge is 2.35. The van der Waals surface area contributed by atoms with Crippen molar-refractivity contribution in [1.82, 2.24) is 5.32 Å². The van der Waals surface area contributed by atoms with Crippen LogP contribution in [-0.4, -0.2) is 17.4 Å². The number of nitrogens with one attached hydrogen (secondary N) is 1. The van der Waals surface area contributed by atoms with Crippen molar-refractivity contribution in [2.75, 3.05) is 0 Å². The first kappa shape index (κ1) is 20.9. The molecule has 0 radical (unpaired) electrons. The molecule has 0 aromatic heterocycles. The van der Waals surface area contributed by atoms with E-state index in [1.54, 1.807) is 6.92 Å². The third-order valence-electron chi connectivity index (χ3n) is 5.65. The smallest absolute Gasteiger partial charge is 0.242 e. The van der Waals surface area contributed by atoms with Gasteiger partial charge in [-0.15, -0.1) is 0 Å². The summed E-state index contributed by atoms with van der Waals surface area (Å²) in [5, 5.41) is 2.90. The van der Waals surface area contributed by atoms with Crippen molar-refractivity contribution in [3.8, 4) is 11.5 Å². The molecule has 1 unspecified atom stereocenters. The molecule has 0 saturated heterocycles. The first-order chi connectivity index (χ1) is 13.9. The van der Waals surface area contributed by atoms with Gasteiger partial charge < -0.3 is 15.8 Å². The highest BCUT2D eigenvalue weighted by molar-refractivity contribution is 5.90. The Morgan fingerprint density at radius 3 is 2.24 bits per heavy atom. The zero-order chi connectivity index (χ0) is 20.7. The molecule has 3 N–H and O–H groups in total. The van der Waals surface area contributed by atoms with Gasteiger partial charge in [0.15, 0.2) is 0 Å². The fourth-order valence-corrected chi connectivity index (χ4v) is 4.02. The molecule has 0 heterocycles. The Hall–Kier alpha value is -2.82. The Morgan fingerprint density at radius 2 is 1.62 bits per heavy atom. The van der Waals surface area contributed by atoms with Crippen molar-refractivity contribution in [1.29, 1.82) is 0 Å². The zero-order valence-corrected chi connectivity index (χ0v) is 17.0. The standard InChI is InChI=1S/C24H30N2O3/c1-24(23(25)28,17-19-8-4-2-5-9-19)26-22(27)16-18-12-14-21(15-13-18)29-20-10-6-3-7-11-20/h3,6-7,10-15,19H,2,4-5,8-9,16-17H2,1H3,(H2,25,28)(H,26,27). The van der Waals surface area contributed by atoms with Crippen LogP contribution >= 0.6 is 0 Å². The van der Waals surface area contributed by atoms with E-state index in [4.69, 9.17) is 10.5 Å². The molecule has 29 heavy (non-hydrogen) atoms. The van der Waals surface area contributed by atoms with Crippen molar-refractivity contribution in [3.63, 3.8) is 0 Å². The van der Waals surface area contributed by atoms with E-state index in [-0.39, 0.29) is 12.3 Å². The maximum atomic E-state index is 12.6. The highest BCUT2D eigenvalue weighted by Crippen LogP contribution is 2.30. The van der Waals surface area contributed by atoms with Crippen LogP contribution in [0.25, 0.3) is 0 Å². The minimum Gasteiger partial charge on any atom is -0.457 e. The average molecular weight is 395 g/mol. The lowest BCUT2D eigenvalue weighted by Crippen LogP contribution is -2.56. The van der Waals surface area contributed by atoms with Gasteiger partial charge in [0, 0.05) is 0 Å². The van der Waals surface area contributed by atoms with Crippen molar-refractivity contribution in [2.24, 2.45) is 11.7 Å². The number of hydrogen-bond acceptors (Lipinski definition) is 3. The van der Waals surface area contributed by atoms with E-state index >= 15 is 0 Å². The largest absolute Gasteiger partial charge is 0.457 e. The summed E-state index contributed by atoms with van der Waals surface area (Å²) in [5.74, 6) is 1.25. The Kier molecular flexibility index (Phi) is 6.91. The fraction of sp³-hybridized carbons (Fsp3) is 0.417. The molecule has 3 rings (SSSR count). The summed E-state index contributed by atoms with van der Waals surface area (Å²) >= 11 is 0. The van der Waals surface area contributed by atoms with E-state index in [2.05, 4.69) is 5.32 Å². The molecule has 2 aromatic carbocycles. The van der Waals surface area contributed by atoms with Gasteiger partial charge in [-0.05, 0) is 49.1 Å². The van der Waals surface area contributed by atoms with Crippen LogP contribution < -0.4 is 15.8 Å². The summed E-state index contributed by atoms with van der Waals surface area (Å²) in [7, 11) is 0. The lowest BCUT2D eigenvalue weighted by Gasteiger charge is -2.33. The molecule has 5 nitrogen and oxygen atoms in total. The molecule has 0 bridgehead atoms. The van der Waals surface area contributed by atoms with Gasteiger partial charge in [-0.1, -0.05) is 62.4 Å². The summed E-state index contributed by atoms with van der Waals surface area (Å²) < 4.78 is 5.77. The Bertz CT molecular complexity index is 814. The van der Waals surface area contributed by atoms with Crippen molar-refractivity contribution in [2.45, 2.75) is 57.4 Å². The maximum absolute atomic E-state index is 12.6. The van der Waals surface area contributed by atoms with Crippen LogP contribution in [0.1, 0.15) is 51.0 Å². The van der Waals surface area contributed by atoms with E-state index in [0.29, 0.717) is 18.1 Å². The predicted octanol–water partition coefficient (Wildman–Crippen LogP) is 4.35. The molecule has 1 saturated carbocycles. The van der Waals surface area contributed by atoms with Gasteiger partial charge in [0.1, 0.15) is 17.0 Å². The average Bonchev–Trinajstić information content (AvgIpc) is 2.71. The Labute approximate surface area is 172 Å². The molecular weight excluding hydrogens is 364 g/mol. The van der Waals surface area contributed by atoms with Crippen LogP contribution in [0.3, 0.4) is 0 Å². The topological polar surface area (TPSA) is 81.4 Å². The van der Waals surface area contributed by atoms with Crippen LogP contribution in [0.5, 0.6) is 11.5 Å². The van der Waals surface area contributed by atoms with Gasteiger partial charge in [-0.3, -0.25) is 9.59 Å². The van der Waals surface area contributed by atoms with Crippen LogP contribution in [0, 0.1) is 5.92 Å². The summed E-state index contributed by atoms with van der Waals surface area (Å²) in [6, 6.07) is 16.9. The number of carbonyl (C=O) groups excluding carboxylic acids is 2. The lowest BCUT2D eigenvalue weighted by molar-refractivity contribution is -0.131. The fourth-order valence-electron chi connectivity index (χ4n) is 4.02. The third-order valence-corrected chi connectivity index (χ3v) is 5.65. The molecule has 5 heteroatoms. The maximum Gasteiger partial charge on any atom is 0.242 e. The number of hydrogen-bond donors (Lipinski definition) is 2. The normalized spacial score (nSPS) is 16.6. The number of benzene rings is 2. The lowest BCUT2D eigenvalue weighted by atomic mass is 9.79. The second-order valence-electron chi connectivity index (χ2n) is 8.19. The molecular formula is C24H30N2O3. The zero-order valence-electron chi connectivity index (χ0n) is 17.0.